The lowest BCUT2D eigenvalue weighted by molar-refractivity contribution is -0.266. The van der Waals surface area contributed by atoms with Crippen molar-refractivity contribution in [2.24, 2.45) is 0 Å². The fourth-order valence-corrected chi connectivity index (χ4v) is 11.7. The van der Waals surface area contributed by atoms with Crippen molar-refractivity contribution in [3.05, 3.63) is 89.0 Å². The Morgan fingerprint density at radius 3 is 2.37 bits per heavy atom. The Labute approximate surface area is 390 Å². The van der Waals surface area contributed by atoms with E-state index >= 15 is 0 Å². The molecule has 68 heavy (non-hydrogen) atoms. The topological polar surface area (TPSA) is 200 Å². The van der Waals surface area contributed by atoms with E-state index in [2.05, 4.69) is 56.3 Å². The van der Waals surface area contributed by atoms with E-state index in [1.165, 1.54) is 6.07 Å². The smallest absolute Gasteiger partial charge is 0.266 e. The van der Waals surface area contributed by atoms with Crippen LogP contribution in [0, 0.1) is 0 Å². The Hall–Kier alpha value is -7.11. The largest absolute Gasteiger partial charge is 0.491 e. The van der Waals surface area contributed by atoms with Crippen LogP contribution in [-0.4, -0.2) is 106 Å². The number of hydrogen-bond acceptors (Lipinski definition) is 10. The summed E-state index contributed by atoms with van der Waals surface area (Å²) in [6.07, 6.45) is 2.91. The van der Waals surface area contributed by atoms with Gasteiger partial charge in [-0.1, -0.05) is 55.3 Å². The van der Waals surface area contributed by atoms with E-state index in [9.17, 15) is 33.6 Å². The van der Waals surface area contributed by atoms with Crippen molar-refractivity contribution in [3.8, 4) is 5.75 Å². The van der Waals surface area contributed by atoms with Gasteiger partial charge in [0.2, 0.25) is 23.6 Å². The minimum Gasteiger partial charge on any atom is -0.491 e. The van der Waals surface area contributed by atoms with Crippen molar-refractivity contribution in [2.75, 3.05) is 27.3 Å². The zero-order valence-corrected chi connectivity index (χ0v) is 38.0. The maximum Gasteiger partial charge on any atom is 0.266 e. The third-order valence-corrected chi connectivity index (χ3v) is 14.7. The van der Waals surface area contributed by atoms with E-state index in [0.717, 1.165) is 66.9 Å². The van der Waals surface area contributed by atoms with E-state index in [4.69, 9.17) is 14.2 Å². The summed E-state index contributed by atoms with van der Waals surface area (Å²) in [5, 5.41) is 12.1. The Kier molecular flexibility index (Phi) is 10.6. The third-order valence-electron chi connectivity index (χ3n) is 14.7. The van der Waals surface area contributed by atoms with Gasteiger partial charge < -0.3 is 38.9 Å². The van der Waals surface area contributed by atoms with Crippen LogP contribution in [0.3, 0.4) is 0 Å². The number of imide groups is 2. The highest BCUT2D eigenvalue weighted by molar-refractivity contribution is 6.31. The fraction of sp³-hybridized carbons (Fsp3) is 0.392. The molecule has 2 saturated heterocycles. The Balaban J connectivity index is 0.717. The number of unbranched alkanes of at least 4 members (excludes halogenated alkanes) is 3. The average Bonchev–Trinajstić information content (AvgIpc) is 4.05. The minimum atomic E-state index is -1.08. The van der Waals surface area contributed by atoms with Crippen LogP contribution in [0.1, 0.15) is 108 Å². The summed E-state index contributed by atoms with van der Waals surface area (Å²) in [4.78, 5) is 93.9. The Morgan fingerprint density at radius 1 is 0.868 bits per heavy atom. The lowest BCUT2D eigenvalue weighted by atomic mass is 9.91. The number of nitrogens with one attached hydrogen (secondary N) is 3. The number of likely N-dealkylation sites (N-methyl/N-ethyl adjacent to an activating group) is 1. The molecule has 0 saturated carbocycles. The van der Waals surface area contributed by atoms with Crippen LogP contribution < -0.4 is 20.7 Å². The molecule has 3 N–H and O–H groups in total. The molecule has 2 fully saturated rings. The zero-order chi connectivity index (χ0) is 47.2. The van der Waals surface area contributed by atoms with Crippen molar-refractivity contribution in [1.29, 1.82) is 0 Å². The summed E-state index contributed by atoms with van der Waals surface area (Å²) in [6, 6.07) is 19.6. The standard InChI is InChI=1S/C51H51N7O10/c1-51-46(66-3)34(25-39(68-51)56-31-16-10-8-13-27(31)42-43-30(26-53-48(43)63)40-28-14-9-11-17-32(28)58(51)45(40)44(42)56)55(2)38(61)20-7-5-4-6-19-36(59)52-23-24-67-35-18-12-15-29-41(35)50(65)57(49(29)64)33-21-22-37(60)54-47(33)62/h8-18,33-34,39,46H,4-7,19-26H2,1-3H3,(H,52,59)(H,53,63)(H,54,60,62)/t33?,34-,39-,46-,51+/m1/s1. The predicted molar refractivity (Wildman–Crippen MR) is 249 cm³/mol. The number of rotatable bonds is 14. The van der Waals surface area contributed by atoms with Gasteiger partial charge in [0.25, 0.3) is 17.7 Å². The van der Waals surface area contributed by atoms with Crippen molar-refractivity contribution in [3.63, 3.8) is 0 Å². The molecule has 1 unspecified atom stereocenters. The fourth-order valence-electron chi connectivity index (χ4n) is 11.7. The first-order chi connectivity index (χ1) is 32.9. The van der Waals surface area contributed by atoms with Gasteiger partial charge in [-0.05, 0) is 56.0 Å². The summed E-state index contributed by atoms with van der Waals surface area (Å²) in [5.41, 5.74) is 4.66. The summed E-state index contributed by atoms with van der Waals surface area (Å²) < 4.78 is 24.1. The molecule has 7 heterocycles. The van der Waals surface area contributed by atoms with Crippen LogP contribution in [0.2, 0.25) is 0 Å². The van der Waals surface area contributed by atoms with Gasteiger partial charge in [0.1, 0.15) is 30.7 Å². The van der Waals surface area contributed by atoms with Gasteiger partial charge in [-0.2, -0.15) is 0 Å². The second-order valence-corrected chi connectivity index (χ2v) is 18.6. The molecule has 5 atom stereocenters. The molecular weight excluding hydrogens is 871 g/mol. The molecule has 0 radical (unpaired) electrons. The maximum absolute atomic E-state index is 14.1. The monoisotopic (exact) mass is 921 g/mol. The second-order valence-electron chi connectivity index (χ2n) is 18.6. The molecule has 17 heteroatoms. The normalized spacial score (nSPS) is 22.8. The zero-order valence-electron chi connectivity index (χ0n) is 38.0. The van der Waals surface area contributed by atoms with Gasteiger partial charge in [0.05, 0.1) is 51.3 Å². The number of amides is 7. The molecule has 5 aliphatic rings. The number of aromatic nitrogens is 2. The van der Waals surface area contributed by atoms with Gasteiger partial charge in [0.15, 0.2) is 5.72 Å². The van der Waals surface area contributed by atoms with Crippen LogP contribution in [-0.2, 0) is 40.9 Å². The number of hydrogen-bond donors (Lipinski definition) is 3. The van der Waals surface area contributed by atoms with Crippen molar-refractivity contribution >= 4 is 85.0 Å². The van der Waals surface area contributed by atoms with Crippen LogP contribution in [0.25, 0.3) is 43.6 Å². The summed E-state index contributed by atoms with van der Waals surface area (Å²) in [6.45, 7) is 2.70. The van der Waals surface area contributed by atoms with E-state index in [-0.39, 0.29) is 66.6 Å². The SMILES string of the molecule is CO[C@@H]1[C@H](N(C)C(=O)CCCCCCC(=O)NCCOc2cccc3c2C(=O)N(C2CCC(=O)NC2=O)C3=O)C[C@H]2O[C@]1(C)n1c3ccccc3c3c4c(c5c6ccccc6n2c5c31)C(=O)NC4. The van der Waals surface area contributed by atoms with Crippen molar-refractivity contribution in [1.82, 2.24) is 34.9 Å². The summed E-state index contributed by atoms with van der Waals surface area (Å²) in [7, 11) is 3.53. The number of para-hydroxylation sites is 2. The van der Waals surface area contributed by atoms with Crippen LogP contribution in [0.4, 0.5) is 0 Å². The molecule has 350 valence electrons. The molecule has 2 aromatic heterocycles. The van der Waals surface area contributed by atoms with Crippen LogP contribution in [0.15, 0.2) is 66.7 Å². The second kappa shape index (κ2) is 16.6. The number of methoxy groups -OCH3 is 1. The summed E-state index contributed by atoms with van der Waals surface area (Å²) in [5.74, 6) is -2.50. The third kappa shape index (κ3) is 6.53. The number of piperidine rings is 1. The van der Waals surface area contributed by atoms with E-state index < -0.39 is 47.7 Å². The van der Waals surface area contributed by atoms with Gasteiger partial charge in [-0.3, -0.25) is 43.8 Å². The molecule has 4 aromatic carbocycles. The number of benzene rings is 4. The van der Waals surface area contributed by atoms with Gasteiger partial charge >= 0.3 is 0 Å². The van der Waals surface area contributed by atoms with Gasteiger partial charge in [-0.25, -0.2) is 0 Å². The molecular formula is C51H51N7O10. The maximum atomic E-state index is 14.1. The lowest BCUT2D eigenvalue weighted by Gasteiger charge is -2.50. The highest BCUT2D eigenvalue weighted by Crippen LogP contribution is 2.54. The first kappa shape index (κ1) is 43.5. The molecule has 2 bridgehead atoms. The molecule has 7 amide bonds. The van der Waals surface area contributed by atoms with Crippen LogP contribution in [0.5, 0.6) is 5.75 Å². The van der Waals surface area contributed by atoms with Crippen molar-refractivity contribution < 1.29 is 47.8 Å². The number of carbonyl (C=O) groups is 7. The highest BCUT2D eigenvalue weighted by Gasteiger charge is 2.55. The average molecular weight is 922 g/mol. The van der Waals surface area contributed by atoms with E-state index in [1.54, 1.807) is 19.2 Å². The number of fused-ring (bicyclic) bond motifs is 14. The van der Waals surface area contributed by atoms with Crippen molar-refractivity contribution in [2.45, 2.75) is 101 Å². The van der Waals surface area contributed by atoms with Gasteiger partial charge in [0, 0.05) is 67.9 Å². The molecule has 0 aliphatic carbocycles. The number of carbonyl (C=O) groups excluding carboxylic acids is 7. The lowest BCUT2D eigenvalue weighted by Crippen LogP contribution is -2.61. The number of ether oxygens (including phenoxy) is 3. The quantitative estimate of drug-likeness (QED) is 0.0923. The highest BCUT2D eigenvalue weighted by atomic mass is 16.6. The molecule has 11 rings (SSSR count). The Bertz CT molecular complexity index is 3190. The van der Waals surface area contributed by atoms with E-state index in [0.29, 0.717) is 44.2 Å². The first-order valence-corrected chi connectivity index (χ1v) is 23.4. The summed E-state index contributed by atoms with van der Waals surface area (Å²) >= 11 is 0. The molecule has 0 spiro atoms. The molecule has 5 aliphatic heterocycles. The predicted octanol–water partition coefficient (Wildman–Crippen LogP) is 5.53. The first-order valence-electron chi connectivity index (χ1n) is 23.4. The van der Waals surface area contributed by atoms with Crippen LogP contribution >= 0.6 is 0 Å². The Morgan fingerprint density at radius 2 is 1.60 bits per heavy atom. The molecule has 6 aromatic rings. The number of nitrogens with zero attached hydrogens (tertiary/aromatic N) is 4. The van der Waals surface area contributed by atoms with Gasteiger partial charge in [-0.15, -0.1) is 0 Å². The molecule has 17 nitrogen and oxygen atoms in total. The minimum absolute atomic E-state index is 0.00553. The van der Waals surface area contributed by atoms with E-state index in [1.807, 2.05) is 36.2 Å².